The molecule has 0 aromatic rings. The summed E-state index contributed by atoms with van der Waals surface area (Å²) in [6, 6.07) is 0.493. The Hall–Kier alpha value is -0.570. The lowest BCUT2D eigenvalue weighted by molar-refractivity contribution is -0.122. The average molecular weight is 170 g/mol. The summed E-state index contributed by atoms with van der Waals surface area (Å²) < 4.78 is 0. The van der Waals surface area contributed by atoms with Crippen molar-refractivity contribution in [1.29, 1.82) is 0 Å². The Morgan fingerprint density at radius 2 is 2.25 bits per heavy atom. The third-order valence-electron chi connectivity index (χ3n) is 2.30. The van der Waals surface area contributed by atoms with Gasteiger partial charge in [-0.1, -0.05) is 0 Å². The van der Waals surface area contributed by atoms with Gasteiger partial charge < -0.3 is 10.6 Å². The second-order valence-electron chi connectivity index (χ2n) is 3.40. The SMILES string of the molecule is CNCCCC(=O)NC1CCC1. The Morgan fingerprint density at radius 3 is 2.75 bits per heavy atom. The van der Waals surface area contributed by atoms with Gasteiger partial charge in [-0.3, -0.25) is 4.79 Å². The first-order chi connectivity index (χ1) is 5.83. The Bertz CT molecular complexity index is 143. The van der Waals surface area contributed by atoms with E-state index in [-0.39, 0.29) is 5.91 Å². The monoisotopic (exact) mass is 170 g/mol. The Morgan fingerprint density at radius 1 is 1.50 bits per heavy atom. The van der Waals surface area contributed by atoms with Crippen LogP contribution in [-0.2, 0) is 4.79 Å². The van der Waals surface area contributed by atoms with E-state index in [0.29, 0.717) is 12.5 Å². The van der Waals surface area contributed by atoms with Gasteiger partial charge in [0.15, 0.2) is 0 Å². The fourth-order valence-corrected chi connectivity index (χ4v) is 1.28. The first-order valence-corrected chi connectivity index (χ1v) is 4.77. The van der Waals surface area contributed by atoms with Crippen LogP contribution in [0.25, 0.3) is 0 Å². The van der Waals surface area contributed by atoms with Crippen molar-refractivity contribution in [3.8, 4) is 0 Å². The van der Waals surface area contributed by atoms with Crippen LogP contribution in [0.1, 0.15) is 32.1 Å². The first kappa shape index (κ1) is 9.52. The van der Waals surface area contributed by atoms with Gasteiger partial charge in [-0.05, 0) is 39.3 Å². The fraction of sp³-hybridized carbons (Fsp3) is 0.889. The number of hydrogen-bond donors (Lipinski definition) is 2. The number of carbonyl (C=O) groups excluding carboxylic acids is 1. The highest BCUT2D eigenvalue weighted by Crippen LogP contribution is 2.17. The van der Waals surface area contributed by atoms with Crippen molar-refractivity contribution in [2.75, 3.05) is 13.6 Å². The molecular formula is C9H18N2O. The largest absolute Gasteiger partial charge is 0.353 e. The second kappa shape index (κ2) is 5.14. The molecule has 0 aliphatic heterocycles. The molecule has 0 aromatic heterocycles. The number of amides is 1. The minimum absolute atomic E-state index is 0.218. The van der Waals surface area contributed by atoms with Gasteiger partial charge in [0.2, 0.25) is 5.91 Å². The predicted molar refractivity (Wildman–Crippen MR) is 48.9 cm³/mol. The van der Waals surface area contributed by atoms with E-state index >= 15 is 0 Å². The zero-order valence-corrected chi connectivity index (χ0v) is 7.73. The average Bonchev–Trinajstić information content (AvgIpc) is 1.98. The van der Waals surface area contributed by atoms with Crippen LogP contribution < -0.4 is 10.6 Å². The molecule has 1 aliphatic rings. The van der Waals surface area contributed by atoms with Crippen molar-refractivity contribution >= 4 is 5.91 Å². The summed E-state index contributed by atoms with van der Waals surface area (Å²) in [6.45, 7) is 0.929. The summed E-state index contributed by atoms with van der Waals surface area (Å²) in [5, 5.41) is 6.03. The van der Waals surface area contributed by atoms with Crippen LogP contribution in [-0.4, -0.2) is 25.5 Å². The molecular weight excluding hydrogens is 152 g/mol. The molecule has 2 N–H and O–H groups in total. The third kappa shape index (κ3) is 3.22. The van der Waals surface area contributed by atoms with Crippen molar-refractivity contribution in [2.45, 2.75) is 38.1 Å². The van der Waals surface area contributed by atoms with E-state index in [4.69, 9.17) is 0 Å². The van der Waals surface area contributed by atoms with Crippen LogP contribution in [0.2, 0.25) is 0 Å². The molecule has 0 aromatic carbocycles. The Kier molecular flexibility index (Phi) is 4.08. The van der Waals surface area contributed by atoms with Crippen molar-refractivity contribution in [3.63, 3.8) is 0 Å². The Labute approximate surface area is 73.9 Å². The van der Waals surface area contributed by atoms with Gasteiger partial charge >= 0.3 is 0 Å². The van der Waals surface area contributed by atoms with Crippen LogP contribution in [0, 0.1) is 0 Å². The topological polar surface area (TPSA) is 41.1 Å². The molecule has 1 fully saturated rings. The molecule has 0 heterocycles. The van der Waals surface area contributed by atoms with E-state index in [1.54, 1.807) is 0 Å². The van der Waals surface area contributed by atoms with Gasteiger partial charge in [-0.2, -0.15) is 0 Å². The molecule has 0 unspecified atom stereocenters. The molecule has 3 nitrogen and oxygen atoms in total. The van der Waals surface area contributed by atoms with Crippen molar-refractivity contribution in [1.82, 2.24) is 10.6 Å². The highest BCUT2D eigenvalue weighted by atomic mass is 16.1. The van der Waals surface area contributed by atoms with E-state index in [1.807, 2.05) is 7.05 Å². The minimum atomic E-state index is 0.218. The number of hydrogen-bond acceptors (Lipinski definition) is 2. The highest BCUT2D eigenvalue weighted by Gasteiger charge is 2.18. The van der Waals surface area contributed by atoms with Crippen LogP contribution in [0.3, 0.4) is 0 Å². The molecule has 1 saturated carbocycles. The molecule has 1 rings (SSSR count). The van der Waals surface area contributed by atoms with Gasteiger partial charge in [0.25, 0.3) is 0 Å². The maximum absolute atomic E-state index is 11.2. The first-order valence-electron chi connectivity index (χ1n) is 4.77. The lowest BCUT2D eigenvalue weighted by Crippen LogP contribution is -2.39. The maximum atomic E-state index is 11.2. The van der Waals surface area contributed by atoms with Gasteiger partial charge in [0.1, 0.15) is 0 Å². The van der Waals surface area contributed by atoms with Crippen LogP contribution in [0.5, 0.6) is 0 Å². The smallest absolute Gasteiger partial charge is 0.220 e. The van der Waals surface area contributed by atoms with Crippen molar-refractivity contribution in [3.05, 3.63) is 0 Å². The molecule has 12 heavy (non-hydrogen) atoms. The molecule has 0 atom stereocenters. The molecule has 0 spiro atoms. The van der Waals surface area contributed by atoms with Gasteiger partial charge in [-0.25, -0.2) is 0 Å². The quantitative estimate of drug-likeness (QED) is 0.595. The van der Waals surface area contributed by atoms with E-state index in [2.05, 4.69) is 10.6 Å². The van der Waals surface area contributed by atoms with E-state index in [0.717, 1.165) is 13.0 Å². The number of rotatable bonds is 5. The second-order valence-corrected chi connectivity index (χ2v) is 3.40. The summed E-state index contributed by atoms with van der Waals surface area (Å²) in [5.74, 6) is 0.218. The third-order valence-corrected chi connectivity index (χ3v) is 2.30. The van der Waals surface area contributed by atoms with Crippen LogP contribution in [0.15, 0.2) is 0 Å². The van der Waals surface area contributed by atoms with Gasteiger partial charge in [-0.15, -0.1) is 0 Å². The molecule has 70 valence electrons. The zero-order chi connectivity index (χ0) is 8.81. The minimum Gasteiger partial charge on any atom is -0.353 e. The van der Waals surface area contributed by atoms with Crippen LogP contribution >= 0.6 is 0 Å². The van der Waals surface area contributed by atoms with E-state index in [1.165, 1.54) is 19.3 Å². The lowest BCUT2D eigenvalue weighted by Gasteiger charge is -2.26. The number of nitrogens with one attached hydrogen (secondary N) is 2. The molecule has 3 heteroatoms. The van der Waals surface area contributed by atoms with Crippen LogP contribution in [0.4, 0.5) is 0 Å². The molecule has 1 aliphatic carbocycles. The standard InChI is InChI=1S/C9H18N2O/c1-10-7-3-6-9(12)11-8-4-2-5-8/h8,10H,2-7H2,1H3,(H,11,12). The molecule has 1 amide bonds. The summed E-state index contributed by atoms with van der Waals surface area (Å²) in [6.07, 6.45) is 5.24. The van der Waals surface area contributed by atoms with E-state index in [9.17, 15) is 4.79 Å². The summed E-state index contributed by atoms with van der Waals surface area (Å²) in [7, 11) is 1.91. The highest BCUT2D eigenvalue weighted by molar-refractivity contribution is 5.76. The zero-order valence-electron chi connectivity index (χ0n) is 7.73. The van der Waals surface area contributed by atoms with Crippen molar-refractivity contribution in [2.24, 2.45) is 0 Å². The molecule has 0 radical (unpaired) electrons. The predicted octanol–water partition coefficient (Wildman–Crippen LogP) is 0.655. The number of carbonyl (C=O) groups is 1. The van der Waals surface area contributed by atoms with E-state index < -0.39 is 0 Å². The normalized spacial score (nSPS) is 17.1. The van der Waals surface area contributed by atoms with Gasteiger partial charge in [0.05, 0.1) is 0 Å². The summed E-state index contributed by atoms with van der Waals surface area (Å²) in [5.41, 5.74) is 0. The maximum Gasteiger partial charge on any atom is 0.220 e. The molecule has 0 saturated heterocycles. The summed E-state index contributed by atoms with van der Waals surface area (Å²) in [4.78, 5) is 11.2. The summed E-state index contributed by atoms with van der Waals surface area (Å²) >= 11 is 0. The molecule has 0 bridgehead atoms. The van der Waals surface area contributed by atoms with Gasteiger partial charge in [0, 0.05) is 12.5 Å². The lowest BCUT2D eigenvalue weighted by atomic mass is 9.93. The van der Waals surface area contributed by atoms with Crippen molar-refractivity contribution < 1.29 is 4.79 Å². The fourth-order valence-electron chi connectivity index (χ4n) is 1.28. The Balaban J connectivity index is 1.95.